The number of aliphatic carboxylic acids is 1. The van der Waals surface area contributed by atoms with E-state index in [9.17, 15) is 9.90 Å². The number of fused-ring (bicyclic) bond motifs is 1. The molecule has 2 unspecified atom stereocenters. The molecular weight excluding hydrogens is 446 g/mol. The molecule has 0 aliphatic carbocycles. The highest BCUT2D eigenvalue weighted by atomic mass is 32.2. The van der Waals surface area contributed by atoms with Crippen LogP contribution in [0.3, 0.4) is 0 Å². The second kappa shape index (κ2) is 10.2. The second-order valence-corrected chi connectivity index (χ2v) is 9.17. The number of rotatable bonds is 8. The molecule has 172 valence electrons. The minimum absolute atomic E-state index is 0.151. The van der Waals surface area contributed by atoms with E-state index in [1.165, 1.54) is 0 Å². The molecule has 1 heterocycles. The largest absolute Gasteiger partial charge is 0.490 e. The molecule has 1 saturated heterocycles. The van der Waals surface area contributed by atoms with Crippen molar-refractivity contribution in [3.05, 3.63) is 96.6 Å². The van der Waals surface area contributed by atoms with Crippen LogP contribution in [0.5, 0.6) is 11.5 Å². The minimum Gasteiger partial charge on any atom is -0.490 e. The normalized spacial score (nSPS) is 17.5. The van der Waals surface area contributed by atoms with Crippen LogP contribution < -0.4 is 14.8 Å². The molecule has 0 amide bonds. The van der Waals surface area contributed by atoms with E-state index in [-0.39, 0.29) is 5.37 Å². The van der Waals surface area contributed by atoms with Gasteiger partial charge in [0, 0.05) is 16.9 Å². The van der Waals surface area contributed by atoms with Crippen LogP contribution in [0.1, 0.15) is 10.9 Å². The van der Waals surface area contributed by atoms with E-state index in [0.717, 1.165) is 39.0 Å². The van der Waals surface area contributed by atoms with Crippen LogP contribution in [0.25, 0.3) is 21.9 Å². The van der Waals surface area contributed by atoms with Gasteiger partial charge in [-0.1, -0.05) is 78.9 Å². The van der Waals surface area contributed by atoms with E-state index in [1.54, 1.807) is 11.8 Å². The highest BCUT2D eigenvalue weighted by molar-refractivity contribution is 7.99. The summed E-state index contributed by atoms with van der Waals surface area (Å²) >= 11 is 1.59. The number of carbonyl (C=O) groups is 1. The van der Waals surface area contributed by atoms with Crippen LogP contribution >= 0.6 is 11.8 Å². The van der Waals surface area contributed by atoms with Crippen molar-refractivity contribution in [3.8, 4) is 22.6 Å². The maximum atomic E-state index is 11.5. The Morgan fingerprint density at radius 3 is 2.35 bits per heavy atom. The fourth-order valence-electron chi connectivity index (χ4n) is 4.20. The van der Waals surface area contributed by atoms with Crippen LogP contribution in [-0.4, -0.2) is 36.1 Å². The highest BCUT2D eigenvalue weighted by Gasteiger charge is 2.33. The lowest BCUT2D eigenvalue weighted by atomic mass is 10.0. The van der Waals surface area contributed by atoms with Gasteiger partial charge in [0.05, 0.1) is 5.37 Å². The molecule has 2 atom stereocenters. The third-order valence-electron chi connectivity index (χ3n) is 5.84. The number of hydrogen-bond acceptors (Lipinski definition) is 5. The van der Waals surface area contributed by atoms with Crippen molar-refractivity contribution in [1.29, 1.82) is 0 Å². The Morgan fingerprint density at radius 2 is 1.56 bits per heavy atom. The number of nitrogens with one attached hydrogen (secondary N) is 1. The Bertz CT molecular complexity index is 1290. The first-order chi connectivity index (χ1) is 16.7. The smallest absolute Gasteiger partial charge is 0.321 e. The molecule has 0 spiro atoms. The second-order valence-electron chi connectivity index (χ2n) is 8.03. The molecule has 1 aliphatic heterocycles. The Morgan fingerprint density at radius 1 is 0.853 bits per heavy atom. The zero-order chi connectivity index (χ0) is 23.3. The molecule has 1 aliphatic rings. The molecule has 0 saturated carbocycles. The summed E-state index contributed by atoms with van der Waals surface area (Å²) in [4.78, 5) is 11.5. The van der Waals surface area contributed by atoms with E-state index in [0.29, 0.717) is 19.0 Å². The molecule has 4 aromatic carbocycles. The van der Waals surface area contributed by atoms with Gasteiger partial charge in [-0.2, -0.15) is 0 Å². The standard InChI is InChI=1S/C28H25NO4S/c30-28(31)23-18-34-27(29-23)26-22-12-5-4-10-20(22)14-15-25(26)33-17-16-32-24-13-7-6-11-21(24)19-8-2-1-3-9-19/h1-15,23,27,29H,16-18H2,(H,30,31). The van der Waals surface area contributed by atoms with Gasteiger partial charge < -0.3 is 14.6 Å². The van der Waals surface area contributed by atoms with Crippen molar-refractivity contribution in [2.45, 2.75) is 11.4 Å². The van der Waals surface area contributed by atoms with Crippen LogP contribution in [0, 0.1) is 0 Å². The summed E-state index contributed by atoms with van der Waals surface area (Å²) in [5.74, 6) is 1.24. The predicted molar refractivity (Wildman–Crippen MR) is 137 cm³/mol. The van der Waals surface area contributed by atoms with Gasteiger partial charge in [-0.05, 0) is 28.5 Å². The molecule has 5 nitrogen and oxygen atoms in total. The molecule has 6 heteroatoms. The van der Waals surface area contributed by atoms with Crippen LogP contribution in [0.2, 0.25) is 0 Å². The van der Waals surface area contributed by atoms with Crippen molar-refractivity contribution in [1.82, 2.24) is 5.32 Å². The van der Waals surface area contributed by atoms with E-state index in [2.05, 4.69) is 35.6 Å². The van der Waals surface area contributed by atoms with Gasteiger partial charge in [0.2, 0.25) is 0 Å². The summed E-state index contributed by atoms with van der Waals surface area (Å²) in [6, 6.07) is 29.7. The maximum absolute atomic E-state index is 11.5. The fraction of sp³-hybridized carbons (Fsp3) is 0.179. The third kappa shape index (κ3) is 4.74. The van der Waals surface area contributed by atoms with Gasteiger partial charge in [0.25, 0.3) is 0 Å². The highest BCUT2D eigenvalue weighted by Crippen LogP contribution is 2.42. The van der Waals surface area contributed by atoms with Gasteiger partial charge in [0.1, 0.15) is 30.8 Å². The lowest BCUT2D eigenvalue weighted by Gasteiger charge is -2.19. The number of hydrogen-bond donors (Lipinski definition) is 2. The molecule has 5 rings (SSSR count). The Balaban J connectivity index is 1.32. The minimum atomic E-state index is -0.830. The summed E-state index contributed by atoms with van der Waals surface area (Å²) in [7, 11) is 0. The predicted octanol–water partition coefficient (Wildman–Crippen LogP) is 5.75. The van der Waals surface area contributed by atoms with E-state index < -0.39 is 12.0 Å². The molecule has 0 aromatic heterocycles. The number of thioether (sulfide) groups is 1. The molecule has 0 radical (unpaired) electrons. The van der Waals surface area contributed by atoms with E-state index >= 15 is 0 Å². The Kier molecular flexibility index (Phi) is 6.70. The van der Waals surface area contributed by atoms with Crippen molar-refractivity contribution < 1.29 is 19.4 Å². The van der Waals surface area contributed by atoms with Crippen molar-refractivity contribution >= 4 is 28.5 Å². The quantitative estimate of drug-likeness (QED) is 0.319. The first-order valence-corrected chi connectivity index (χ1v) is 12.3. The van der Waals surface area contributed by atoms with Gasteiger partial charge >= 0.3 is 5.97 Å². The number of ether oxygens (including phenoxy) is 2. The summed E-state index contributed by atoms with van der Waals surface area (Å²) in [6.07, 6.45) is 0. The number of carboxylic acid groups (broad SMARTS) is 1. The van der Waals surface area contributed by atoms with Crippen LogP contribution in [0.15, 0.2) is 91.0 Å². The molecule has 4 aromatic rings. The van der Waals surface area contributed by atoms with E-state index in [4.69, 9.17) is 9.47 Å². The molecule has 2 N–H and O–H groups in total. The lowest BCUT2D eigenvalue weighted by molar-refractivity contribution is -0.138. The van der Waals surface area contributed by atoms with Gasteiger partial charge in [-0.3, -0.25) is 10.1 Å². The zero-order valence-corrected chi connectivity index (χ0v) is 19.3. The van der Waals surface area contributed by atoms with Gasteiger partial charge in [0.15, 0.2) is 0 Å². The fourth-order valence-corrected chi connectivity index (χ4v) is 5.50. The van der Waals surface area contributed by atoms with Crippen molar-refractivity contribution in [2.75, 3.05) is 19.0 Å². The van der Waals surface area contributed by atoms with Crippen LogP contribution in [0.4, 0.5) is 0 Å². The summed E-state index contributed by atoms with van der Waals surface area (Å²) < 4.78 is 12.3. The lowest BCUT2D eigenvalue weighted by Crippen LogP contribution is -2.33. The SMILES string of the molecule is O=C(O)C1CSC(c2c(OCCOc3ccccc3-c3ccccc3)ccc3ccccc23)N1. The average Bonchev–Trinajstić information content (AvgIpc) is 3.37. The molecule has 34 heavy (non-hydrogen) atoms. The number of carboxylic acids is 1. The first kappa shape index (κ1) is 22.3. The maximum Gasteiger partial charge on any atom is 0.321 e. The number of benzene rings is 4. The molecule has 0 bridgehead atoms. The first-order valence-electron chi connectivity index (χ1n) is 11.2. The molecule has 1 fully saturated rings. The van der Waals surface area contributed by atoms with Gasteiger partial charge in [-0.25, -0.2) is 0 Å². The Hall–Kier alpha value is -3.48. The van der Waals surface area contributed by atoms with Gasteiger partial charge in [-0.15, -0.1) is 11.8 Å². The summed E-state index contributed by atoms with van der Waals surface area (Å²) in [6.45, 7) is 0.757. The summed E-state index contributed by atoms with van der Waals surface area (Å²) in [5.41, 5.74) is 3.13. The van der Waals surface area contributed by atoms with E-state index in [1.807, 2.05) is 60.7 Å². The van der Waals surface area contributed by atoms with Crippen molar-refractivity contribution in [3.63, 3.8) is 0 Å². The molecular formula is C28H25NO4S. The third-order valence-corrected chi connectivity index (χ3v) is 7.07. The zero-order valence-electron chi connectivity index (χ0n) is 18.5. The van der Waals surface area contributed by atoms with Crippen LogP contribution in [-0.2, 0) is 4.79 Å². The summed E-state index contributed by atoms with van der Waals surface area (Å²) in [5, 5.41) is 14.7. The average molecular weight is 472 g/mol. The topological polar surface area (TPSA) is 67.8 Å². The number of para-hydroxylation sites is 1. The Labute approximate surface area is 202 Å². The van der Waals surface area contributed by atoms with Crippen molar-refractivity contribution in [2.24, 2.45) is 0 Å². The monoisotopic (exact) mass is 471 g/mol.